The second-order valence-electron chi connectivity index (χ2n) is 5.55. The lowest BCUT2D eigenvalue weighted by Crippen LogP contribution is -2.22. The maximum Gasteiger partial charge on any atom is 0.416 e. The largest absolute Gasteiger partial charge is 0.416 e. The maximum absolute atomic E-state index is 12.7. The van der Waals surface area contributed by atoms with Crippen molar-refractivity contribution in [3.05, 3.63) is 80.1 Å². The fraction of sp³-hybridized carbons (Fsp3) is 0.0588. The van der Waals surface area contributed by atoms with Crippen LogP contribution in [0, 0.1) is 10.1 Å². The summed E-state index contributed by atoms with van der Waals surface area (Å²) in [5.41, 5.74) is -1.97. The number of pyridine rings is 1. The highest BCUT2D eigenvalue weighted by molar-refractivity contribution is 6.05. The Balaban J connectivity index is 1.92. The van der Waals surface area contributed by atoms with Gasteiger partial charge in [-0.3, -0.25) is 19.7 Å². The number of halogens is 3. The van der Waals surface area contributed by atoms with E-state index in [-0.39, 0.29) is 27.8 Å². The molecule has 0 fully saturated rings. The second kappa shape index (κ2) is 6.56. The van der Waals surface area contributed by atoms with Crippen molar-refractivity contribution >= 4 is 28.2 Å². The summed E-state index contributed by atoms with van der Waals surface area (Å²) < 4.78 is 38.2. The Morgan fingerprint density at radius 1 is 1.11 bits per heavy atom. The number of benzene rings is 2. The van der Waals surface area contributed by atoms with Crippen molar-refractivity contribution in [2.45, 2.75) is 6.18 Å². The Labute approximate surface area is 148 Å². The molecule has 1 heterocycles. The molecule has 0 atom stereocenters. The lowest BCUT2D eigenvalue weighted by Gasteiger charge is -2.09. The number of amides is 1. The van der Waals surface area contributed by atoms with E-state index in [1.165, 1.54) is 24.3 Å². The minimum atomic E-state index is -4.56. The average Bonchev–Trinajstić information content (AvgIpc) is 2.61. The van der Waals surface area contributed by atoms with Gasteiger partial charge in [0, 0.05) is 34.9 Å². The van der Waals surface area contributed by atoms with Crippen molar-refractivity contribution in [1.82, 2.24) is 4.98 Å². The molecule has 0 spiro atoms. The number of H-pyrrole nitrogens is 1. The van der Waals surface area contributed by atoms with Crippen molar-refractivity contribution in [2.75, 3.05) is 5.32 Å². The third-order valence-electron chi connectivity index (χ3n) is 3.79. The number of hydrogen-bond acceptors (Lipinski definition) is 4. The number of nitrogens with zero attached hydrogens (tertiary/aromatic N) is 1. The summed E-state index contributed by atoms with van der Waals surface area (Å²) in [6.07, 6.45) is -3.54. The number of nitro benzene ring substituents is 1. The number of rotatable bonds is 3. The molecule has 0 bridgehead atoms. The summed E-state index contributed by atoms with van der Waals surface area (Å²) in [4.78, 5) is 37.2. The van der Waals surface area contributed by atoms with Crippen molar-refractivity contribution in [1.29, 1.82) is 0 Å². The van der Waals surface area contributed by atoms with E-state index in [9.17, 15) is 32.9 Å². The number of carbonyl (C=O) groups is 1. The van der Waals surface area contributed by atoms with Gasteiger partial charge in [0.05, 0.1) is 10.5 Å². The number of nitro groups is 1. The number of alkyl halides is 3. The number of nitrogens with one attached hydrogen (secondary N) is 2. The first-order valence-corrected chi connectivity index (χ1v) is 7.45. The van der Waals surface area contributed by atoms with Crippen LogP contribution < -0.4 is 10.7 Å². The fourth-order valence-corrected chi connectivity index (χ4v) is 2.43. The maximum atomic E-state index is 12.7. The Morgan fingerprint density at radius 2 is 1.78 bits per heavy atom. The number of fused-ring (bicyclic) bond motifs is 1. The van der Waals surface area contributed by atoms with E-state index >= 15 is 0 Å². The van der Waals surface area contributed by atoms with E-state index in [0.717, 1.165) is 24.4 Å². The fourth-order valence-electron chi connectivity index (χ4n) is 2.43. The van der Waals surface area contributed by atoms with E-state index in [4.69, 9.17) is 0 Å². The average molecular weight is 377 g/mol. The lowest BCUT2D eigenvalue weighted by molar-refractivity contribution is -0.384. The summed E-state index contributed by atoms with van der Waals surface area (Å²) in [5.74, 6) is -0.799. The predicted octanol–water partition coefficient (Wildman–Crippen LogP) is 3.71. The van der Waals surface area contributed by atoms with Gasteiger partial charge in [0.1, 0.15) is 5.56 Å². The molecule has 0 radical (unpaired) electrons. The summed E-state index contributed by atoms with van der Waals surface area (Å²) in [5, 5.41) is 12.9. The third kappa shape index (κ3) is 3.64. The molecule has 3 aromatic rings. The summed E-state index contributed by atoms with van der Waals surface area (Å²) in [6, 6.07) is 7.49. The van der Waals surface area contributed by atoms with Gasteiger partial charge in [-0.05, 0) is 30.3 Å². The molecule has 1 aromatic heterocycles. The van der Waals surface area contributed by atoms with Crippen LogP contribution >= 0.6 is 0 Å². The number of anilines is 1. The molecule has 10 heteroatoms. The van der Waals surface area contributed by atoms with Crippen LogP contribution in [-0.4, -0.2) is 15.8 Å². The monoisotopic (exact) mass is 377 g/mol. The molecule has 0 saturated carbocycles. The van der Waals surface area contributed by atoms with Crippen molar-refractivity contribution in [3.63, 3.8) is 0 Å². The highest BCUT2D eigenvalue weighted by atomic mass is 19.4. The first-order valence-electron chi connectivity index (χ1n) is 7.45. The van der Waals surface area contributed by atoms with Crippen LogP contribution in [0.25, 0.3) is 10.9 Å². The van der Waals surface area contributed by atoms with E-state index < -0.39 is 28.0 Å². The number of aromatic amines is 1. The Bertz CT molecular complexity index is 1110. The molecule has 2 aromatic carbocycles. The van der Waals surface area contributed by atoms with Crippen LogP contribution in [0.4, 0.5) is 24.5 Å². The molecule has 0 aliphatic carbocycles. The third-order valence-corrected chi connectivity index (χ3v) is 3.79. The van der Waals surface area contributed by atoms with Gasteiger partial charge in [-0.25, -0.2) is 0 Å². The minimum Gasteiger partial charge on any atom is -0.360 e. The number of hydrogen-bond donors (Lipinski definition) is 2. The first-order chi connectivity index (χ1) is 12.7. The number of aromatic nitrogens is 1. The van der Waals surface area contributed by atoms with Gasteiger partial charge in [0.25, 0.3) is 11.6 Å². The molecule has 7 nitrogen and oxygen atoms in total. The first kappa shape index (κ1) is 18.1. The summed E-state index contributed by atoms with van der Waals surface area (Å²) in [7, 11) is 0. The summed E-state index contributed by atoms with van der Waals surface area (Å²) >= 11 is 0. The highest BCUT2D eigenvalue weighted by Crippen LogP contribution is 2.30. The lowest BCUT2D eigenvalue weighted by atomic mass is 10.1. The van der Waals surface area contributed by atoms with Gasteiger partial charge in [-0.15, -0.1) is 0 Å². The van der Waals surface area contributed by atoms with Gasteiger partial charge < -0.3 is 10.3 Å². The van der Waals surface area contributed by atoms with E-state index in [0.29, 0.717) is 0 Å². The predicted molar refractivity (Wildman–Crippen MR) is 90.6 cm³/mol. The molecule has 138 valence electrons. The zero-order valence-electron chi connectivity index (χ0n) is 13.3. The smallest absolute Gasteiger partial charge is 0.360 e. The molecule has 3 rings (SSSR count). The standard InChI is InChI=1S/C17H10F3N3O4/c18-17(19,20)9-1-6-12-14(7-9)21-8-13(15(12)24)16(25)22-10-2-4-11(5-3-10)23(26)27/h1-8H,(H,21,24)(H,22,25). The van der Waals surface area contributed by atoms with Crippen molar-refractivity contribution in [2.24, 2.45) is 0 Å². The van der Waals surface area contributed by atoms with Gasteiger partial charge in [0.2, 0.25) is 5.43 Å². The molecule has 1 amide bonds. The van der Waals surface area contributed by atoms with Gasteiger partial charge in [0.15, 0.2) is 0 Å². The van der Waals surface area contributed by atoms with E-state index in [2.05, 4.69) is 10.3 Å². The van der Waals surface area contributed by atoms with E-state index in [1.54, 1.807) is 0 Å². The molecule has 0 aliphatic rings. The molecule has 27 heavy (non-hydrogen) atoms. The van der Waals surface area contributed by atoms with Crippen molar-refractivity contribution < 1.29 is 22.9 Å². The summed E-state index contributed by atoms with van der Waals surface area (Å²) in [6.45, 7) is 0. The number of carbonyl (C=O) groups excluding carboxylic acids is 1. The van der Waals surface area contributed by atoms with Gasteiger partial charge in [-0.1, -0.05) is 0 Å². The molecule has 2 N–H and O–H groups in total. The molecule has 0 aliphatic heterocycles. The van der Waals surface area contributed by atoms with Crippen LogP contribution in [0.3, 0.4) is 0 Å². The second-order valence-corrected chi connectivity index (χ2v) is 5.55. The van der Waals surface area contributed by atoms with Crippen LogP contribution in [0.15, 0.2) is 53.5 Å². The SMILES string of the molecule is O=C(Nc1ccc([N+](=O)[O-])cc1)c1c[nH]c2cc(C(F)(F)F)ccc2c1=O. The quantitative estimate of drug-likeness (QED) is 0.536. The number of non-ortho nitro benzene ring substituents is 1. The zero-order valence-corrected chi connectivity index (χ0v) is 13.3. The van der Waals surface area contributed by atoms with Gasteiger partial charge >= 0.3 is 6.18 Å². The molecular weight excluding hydrogens is 367 g/mol. The van der Waals surface area contributed by atoms with Gasteiger partial charge in [-0.2, -0.15) is 13.2 Å². The topological polar surface area (TPSA) is 105 Å². The Hall–Kier alpha value is -3.69. The molecule has 0 unspecified atom stereocenters. The van der Waals surface area contributed by atoms with Crippen LogP contribution in [0.2, 0.25) is 0 Å². The highest BCUT2D eigenvalue weighted by Gasteiger charge is 2.30. The normalized spacial score (nSPS) is 11.4. The van der Waals surface area contributed by atoms with Crippen LogP contribution in [0.5, 0.6) is 0 Å². The van der Waals surface area contributed by atoms with Crippen LogP contribution in [0.1, 0.15) is 15.9 Å². The Morgan fingerprint density at radius 3 is 2.37 bits per heavy atom. The minimum absolute atomic E-state index is 0.0540. The van der Waals surface area contributed by atoms with Crippen LogP contribution in [-0.2, 0) is 6.18 Å². The van der Waals surface area contributed by atoms with E-state index in [1.807, 2.05) is 0 Å². The molecule has 0 saturated heterocycles. The molecular formula is C17H10F3N3O4. The Kier molecular flexibility index (Phi) is 4.40. The van der Waals surface area contributed by atoms with Crippen molar-refractivity contribution in [3.8, 4) is 0 Å². The zero-order chi connectivity index (χ0) is 19.8.